The smallest absolute Gasteiger partial charge is 0.255 e. The molecule has 1 aliphatic heterocycles. The molecule has 2 N–H and O–H groups in total. The first-order chi connectivity index (χ1) is 18.3. The fourth-order valence-electron chi connectivity index (χ4n) is 4.46. The van der Waals surface area contributed by atoms with Crippen LogP contribution in [0.2, 0.25) is 5.02 Å². The van der Waals surface area contributed by atoms with Crippen LogP contribution in [0.3, 0.4) is 0 Å². The Balaban J connectivity index is 1.46. The largest absolute Gasteiger partial charge is 0.497 e. The minimum Gasteiger partial charge on any atom is -0.497 e. The standard InChI is InChI=1S/C29H28ClN5O2S/c1-17-5-6-21(18(2)15-17)16-38-29-33-28-31-19(3)25(27(36)32-23-11-13-24(37-4)14-12-23)26(35(28)34-29)20-7-9-22(30)10-8-20/h5-15,26H,16H2,1-4H3,(H,32,36)(H,31,33,34). The van der Waals surface area contributed by atoms with E-state index in [0.29, 0.717) is 33.1 Å². The van der Waals surface area contributed by atoms with Gasteiger partial charge >= 0.3 is 0 Å². The summed E-state index contributed by atoms with van der Waals surface area (Å²) in [6, 6.07) is 20.7. The van der Waals surface area contributed by atoms with E-state index in [-0.39, 0.29) is 5.91 Å². The molecule has 7 nitrogen and oxygen atoms in total. The topological polar surface area (TPSA) is 81.1 Å². The van der Waals surface area contributed by atoms with Gasteiger partial charge in [-0.1, -0.05) is 59.3 Å². The van der Waals surface area contributed by atoms with E-state index in [1.165, 1.54) is 16.7 Å². The van der Waals surface area contributed by atoms with E-state index in [9.17, 15) is 4.79 Å². The number of halogens is 1. The summed E-state index contributed by atoms with van der Waals surface area (Å²) in [5.41, 5.74) is 6.53. The zero-order valence-electron chi connectivity index (χ0n) is 21.6. The van der Waals surface area contributed by atoms with Crippen LogP contribution in [0.25, 0.3) is 0 Å². The van der Waals surface area contributed by atoms with Gasteiger partial charge in [-0.05, 0) is 73.9 Å². The quantitative estimate of drug-likeness (QED) is 0.249. The number of ether oxygens (including phenoxy) is 1. The van der Waals surface area contributed by atoms with Gasteiger partial charge in [0, 0.05) is 22.2 Å². The molecule has 0 aliphatic carbocycles. The molecule has 38 heavy (non-hydrogen) atoms. The molecule has 9 heteroatoms. The van der Waals surface area contributed by atoms with Gasteiger partial charge in [-0.2, -0.15) is 4.98 Å². The molecule has 5 rings (SSSR count). The maximum atomic E-state index is 13.6. The third-order valence-electron chi connectivity index (χ3n) is 6.47. The Kier molecular flexibility index (Phi) is 7.44. The number of nitrogens with zero attached hydrogens (tertiary/aromatic N) is 3. The lowest BCUT2D eigenvalue weighted by atomic mass is 9.95. The van der Waals surface area contributed by atoms with Crippen molar-refractivity contribution in [2.24, 2.45) is 0 Å². The maximum Gasteiger partial charge on any atom is 0.255 e. The highest BCUT2D eigenvalue weighted by Gasteiger charge is 2.34. The molecule has 1 amide bonds. The molecule has 0 bridgehead atoms. The predicted octanol–water partition coefficient (Wildman–Crippen LogP) is 6.78. The average molecular weight is 546 g/mol. The number of carbonyl (C=O) groups is 1. The van der Waals surface area contributed by atoms with Crippen molar-refractivity contribution < 1.29 is 9.53 Å². The number of thioether (sulfide) groups is 1. The zero-order chi connectivity index (χ0) is 26.8. The lowest BCUT2D eigenvalue weighted by molar-refractivity contribution is -0.113. The molecule has 0 spiro atoms. The summed E-state index contributed by atoms with van der Waals surface area (Å²) in [4.78, 5) is 18.4. The normalized spacial score (nSPS) is 14.6. The fraction of sp³-hybridized carbons (Fsp3) is 0.207. The van der Waals surface area contributed by atoms with Gasteiger partial charge in [-0.25, -0.2) is 4.68 Å². The van der Waals surface area contributed by atoms with Crippen molar-refractivity contribution in [3.05, 3.63) is 105 Å². The third-order valence-corrected chi connectivity index (χ3v) is 7.60. The highest BCUT2D eigenvalue weighted by molar-refractivity contribution is 7.98. The summed E-state index contributed by atoms with van der Waals surface area (Å²) in [6.07, 6.45) is 0. The van der Waals surface area contributed by atoms with E-state index >= 15 is 0 Å². The first-order valence-electron chi connectivity index (χ1n) is 12.2. The Hall–Kier alpha value is -3.75. The Morgan fingerprint density at radius 2 is 1.82 bits per heavy atom. The molecular weight excluding hydrogens is 518 g/mol. The molecule has 3 aromatic carbocycles. The molecule has 1 unspecified atom stereocenters. The second-order valence-electron chi connectivity index (χ2n) is 9.18. The molecular formula is C29H28ClN5O2S. The summed E-state index contributed by atoms with van der Waals surface area (Å²) in [5.74, 6) is 1.82. The van der Waals surface area contributed by atoms with Crippen molar-refractivity contribution in [2.45, 2.75) is 37.7 Å². The Morgan fingerprint density at radius 1 is 1.08 bits per heavy atom. The summed E-state index contributed by atoms with van der Waals surface area (Å²) in [7, 11) is 1.61. The van der Waals surface area contributed by atoms with Gasteiger partial charge in [0.1, 0.15) is 11.8 Å². The van der Waals surface area contributed by atoms with E-state index in [4.69, 9.17) is 26.4 Å². The SMILES string of the molecule is COc1ccc(NC(=O)C2=C(C)Nc3nc(SCc4ccc(C)cc4C)nn3C2c2ccc(Cl)cc2)cc1. The average Bonchev–Trinajstić information content (AvgIpc) is 3.30. The van der Waals surface area contributed by atoms with Crippen LogP contribution in [0.15, 0.2) is 83.2 Å². The summed E-state index contributed by atoms with van der Waals surface area (Å²) in [6.45, 7) is 6.09. The molecule has 0 saturated heterocycles. The fourth-order valence-corrected chi connectivity index (χ4v) is 5.49. The predicted molar refractivity (Wildman–Crippen MR) is 153 cm³/mol. The molecule has 4 aromatic rings. The van der Waals surface area contributed by atoms with E-state index in [1.807, 2.05) is 43.3 Å². The highest BCUT2D eigenvalue weighted by atomic mass is 35.5. The van der Waals surface area contributed by atoms with E-state index in [2.05, 4.69) is 42.7 Å². The van der Waals surface area contributed by atoms with Crippen LogP contribution in [0, 0.1) is 13.8 Å². The number of anilines is 2. The lowest BCUT2D eigenvalue weighted by Crippen LogP contribution is -2.31. The van der Waals surface area contributed by atoms with Gasteiger partial charge in [-0.3, -0.25) is 4.79 Å². The van der Waals surface area contributed by atoms with Gasteiger partial charge in [-0.15, -0.1) is 5.10 Å². The number of methoxy groups -OCH3 is 1. The van der Waals surface area contributed by atoms with Crippen LogP contribution in [0.1, 0.15) is 35.2 Å². The van der Waals surface area contributed by atoms with Crippen molar-refractivity contribution in [2.75, 3.05) is 17.7 Å². The van der Waals surface area contributed by atoms with Crippen molar-refractivity contribution in [1.82, 2.24) is 14.8 Å². The second-order valence-corrected chi connectivity index (χ2v) is 10.6. The molecule has 0 fully saturated rings. The number of nitrogens with one attached hydrogen (secondary N) is 2. The number of hydrogen-bond donors (Lipinski definition) is 2. The number of aromatic nitrogens is 3. The second kappa shape index (κ2) is 10.9. The lowest BCUT2D eigenvalue weighted by Gasteiger charge is -2.28. The van der Waals surface area contributed by atoms with Gasteiger partial charge in [0.2, 0.25) is 11.1 Å². The van der Waals surface area contributed by atoms with Crippen LogP contribution in [0.4, 0.5) is 11.6 Å². The molecule has 1 aliphatic rings. The number of rotatable bonds is 7. The summed E-state index contributed by atoms with van der Waals surface area (Å²) < 4.78 is 7.01. The first-order valence-corrected chi connectivity index (χ1v) is 13.5. The number of aryl methyl sites for hydroxylation is 2. The monoisotopic (exact) mass is 545 g/mol. The van der Waals surface area contributed by atoms with Crippen molar-refractivity contribution in [3.63, 3.8) is 0 Å². The van der Waals surface area contributed by atoms with Crippen molar-refractivity contribution >= 4 is 40.9 Å². The van der Waals surface area contributed by atoms with Crippen LogP contribution in [-0.2, 0) is 10.5 Å². The van der Waals surface area contributed by atoms with Crippen molar-refractivity contribution in [1.29, 1.82) is 0 Å². The number of carbonyl (C=O) groups excluding carboxylic acids is 1. The Bertz CT molecular complexity index is 1510. The van der Waals surface area contributed by atoms with Crippen LogP contribution in [0.5, 0.6) is 5.75 Å². The van der Waals surface area contributed by atoms with Crippen LogP contribution >= 0.6 is 23.4 Å². The van der Waals surface area contributed by atoms with Crippen molar-refractivity contribution in [3.8, 4) is 5.75 Å². The van der Waals surface area contributed by atoms with Gasteiger partial charge in [0.25, 0.3) is 5.91 Å². The number of amides is 1. The molecule has 0 radical (unpaired) electrons. The van der Waals surface area contributed by atoms with Gasteiger partial charge < -0.3 is 15.4 Å². The number of allylic oxidation sites excluding steroid dienone is 1. The van der Waals surface area contributed by atoms with Gasteiger partial charge in [0.15, 0.2) is 0 Å². The molecule has 2 heterocycles. The Morgan fingerprint density at radius 3 is 2.50 bits per heavy atom. The maximum absolute atomic E-state index is 13.6. The minimum absolute atomic E-state index is 0.231. The highest BCUT2D eigenvalue weighted by Crippen LogP contribution is 2.37. The van der Waals surface area contributed by atoms with E-state index in [0.717, 1.165) is 17.1 Å². The van der Waals surface area contributed by atoms with E-state index in [1.54, 1.807) is 35.7 Å². The number of fused-ring (bicyclic) bond motifs is 1. The summed E-state index contributed by atoms with van der Waals surface area (Å²) >= 11 is 7.75. The molecule has 1 atom stereocenters. The third kappa shape index (κ3) is 5.42. The number of hydrogen-bond acceptors (Lipinski definition) is 6. The number of benzene rings is 3. The Labute approximate surface area is 231 Å². The van der Waals surface area contributed by atoms with Crippen LogP contribution in [-0.4, -0.2) is 27.8 Å². The first kappa shape index (κ1) is 25.9. The van der Waals surface area contributed by atoms with E-state index < -0.39 is 6.04 Å². The minimum atomic E-state index is -0.482. The molecule has 1 aromatic heterocycles. The molecule has 0 saturated carbocycles. The summed E-state index contributed by atoms with van der Waals surface area (Å²) in [5, 5.41) is 12.4. The van der Waals surface area contributed by atoms with Crippen LogP contribution < -0.4 is 15.4 Å². The van der Waals surface area contributed by atoms with Gasteiger partial charge in [0.05, 0.1) is 12.7 Å². The zero-order valence-corrected chi connectivity index (χ0v) is 23.2. The molecule has 194 valence electrons.